The number of nitrogens with zero attached hydrogens (tertiary/aromatic N) is 1. The summed E-state index contributed by atoms with van der Waals surface area (Å²) in [6.45, 7) is 0. The molecule has 5 heteroatoms. The summed E-state index contributed by atoms with van der Waals surface area (Å²) in [5, 5.41) is 3.67. The smallest absolute Gasteiger partial charge is 0.336 e. The third-order valence-corrected chi connectivity index (χ3v) is 4.53. The number of carbonyl (C=O) groups excluding carboxylic acids is 1. The first-order valence-corrected chi connectivity index (χ1v) is 8.85. The highest BCUT2D eigenvalue weighted by Crippen LogP contribution is 2.27. The summed E-state index contributed by atoms with van der Waals surface area (Å²) < 4.78 is 5.13. The Labute approximate surface area is 161 Å². The highest BCUT2D eigenvalue weighted by atomic mass is 16.4. The van der Waals surface area contributed by atoms with Crippen LogP contribution < -0.4 is 15.8 Å². The second-order valence-electron chi connectivity index (χ2n) is 6.37. The van der Waals surface area contributed by atoms with Crippen molar-refractivity contribution in [1.29, 1.82) is 0 Å². The number of fused-ring (bicyclic) bond motifs is 1. The van der Waals surface area contributed by atoms with Crippen LogP contribution in [0, 0.1) is 0 Å². The van der Waals surface area contributed by atoms with Gasteiger partial charge in [-0.15, -0.1) is 0 Å². The van der Waals surface area contributed by atoms with Gasteiger partial charge in [-0.05, 0) is 48.5 Å². The molecule has 0 aliphatic rings. The second kappa shape index (κ2) is 7.40. The van der Waals surface area contributed by atoms with E-state index in [2.05, 4.69) is 5.32 Å². The van der Waals surface area contributed by atoms with Crippen molar-refractivity contribution in [3.63, 3.8) is 0 Å². The number of nitrogens with one attached hydrogen (secondary N) is 1. The highest BCUT2D eigenvalue weighted by Gasteiger charge is 2.15. The molecule has 1 N–H and O–H groups in total. The van der Waals surface area contributed by atoms with Crippen LogP contribution in [0.2, 0.25) is 0 Å². The maximum Gasteiger partial charge on any atom is 0.336 e. The Morgan fingerprint density at radius 1 is 0.893 bits per heavy atom. The Morgan fingerprint density at radius 3 is 2.46 bits per heavy atom. The molecule has 0 spiro atoms. The van der Waals surface area contributed by atoms with E-state index in [1.54, 1.807) is 30.3 Å². The Hall–Kier alpha value is -3.86. The summed E-state index contributed by atoms with van der Waals surface area (Å²) >= 11 is 0. The van der Waals surface area contributed by atoms with Crippen molar-refractivity contribution >= 4 is 33.9 Å². The molecule has 0 aliphatic carbocycles. The summed E-state index contributed by atoms with van der Waals surface area (Å²) in [6.07, 6.45) is 0. The summed E-state index contributed by atoms with van der Waals surface area (Å²) in [4.78, 5) is 26.2. The van der Waals surface area contributed by atoms with Gasteiger partial charge in [-0.1, -0.05) is 30.3 Å². The van der Waals surface area contributed by atoms with E-state index >= 15 is 0 Å². The summed E-state index contributed by atoms with van der Waals surface area (Å²) in [7, 11) is 1.93. The first-order chi connectivity index (χ1) is 13.6. The van der Waals surface area contributed by atoms with E-state index in [9.17, 15) is 9.59 Å². The average molecular weight is 370 g/mol. The molecular formula is C23H18N2O3. The minimum absolute atomic E-state index is 0.213. The van der Waals surface area contributed by atoms with Gasteiger partial charge in [0.25, 0.3) is 5.91 Å². The Bertz CT molecular complexity index is 1200. The third-order valence-electron chi connectivity index (χ3n) is 4.53. The fourth-order valence-electron chi connectivity index (χ4n) is 3.10. The fourth-order valence-corrected chi connectivity index (χ4v) is 3.10. The van der Waals surface area contributed by atoms with Gasteiger partial charge >= 0.3 is 5.63 Å². The lowest BCUT2D eigenvalue weighted by Gasteiger charge is -2.22. The van der Waals surface area contributed by atoms with Gasteiger partial charge < -0.3 is 14.6 Å². The molecule has 0 bridgehead atoms. The third kappa shape index (κ3) is 3.50. The minimum atomic E-state index is -0.401. The van der Waals surface area contributed by atoms with Crippen LogP contribution in [0.25, 0.3) is 11.0 Å². The van der Waals surface area contributed by atoms with E-state index in [-0.39, 0.29) is 5.91 Å². The summed E-state index contributed by atoms with van der Waals surface area (Å²) in [5.74, 6) is -0.213. The van der Waals surface area contributed by atoms with E-state index in [0.29, 0.717) is 16.8 Å². The Balaban J connectivity index is 1.64. The van der Waals surface area contributed by atoms with E-state index in [1.807, 2.05) is 60.5 Å². The number of carbonyl (C=O) groups is 1. The largest absolute Gasteiger partial charge is 0.423 e. The molecule has 28 heavy (non-hydrogen) atoms. The van der Waals surface area contributed by atoms with Gasteiger partial charge in [0.2, 0.25) is 0 Å². The molecule has 1 amide bonds. The predicted molar refractivity (Wildman–Crippen MR) is 111 cm³/mol. The van der Waals surface area contributed by atoms with Crippen LogP contribution in [-0.4, -0.2) is 13.0 Å². The van der Waals surface area contributed by atoms with Crippen molar-refractivity contribution in [3.05, 3.63) is 101 Å². The molecule has 4 rings (SSSR count). The molecule has 0 radical (unpaired) electrons. The molecule has 0 saturated heterocycles. The molecule has 1 heterocycles. The Kier molecular flexibility index (Phi) is 4.64. The van der Waals surface area contributed by atoms with E-state index in [0.717, 1.165) is 16.8 Å². The molecule has 0 fully saturated rings. The van der Waals surface area contributed by atoms with Gasteiger partial charge in [0, 0.05) is 29.9 Å². The van der Waals surface area contributed by atoms with E-state index in [4.69, 9.17) is 4.42 Å². The van der Waals surface area contributed by atoms with Gasteiger partial charge in [-0.25, -0.2) is 4.79 Å². The first kappa shape index (κ1) is 17.5. The van der Waals surface area contributed by atoms with Crippen molar-refractivity contribution < 1.29 is 9.21 Å². The van der Waals surface area contributed by atoms with Crippen LogP contribution in [0.3, 0.4) is 0 Å². The highest BCUT2D eigenvalue weighted by molar-refractivity contribution is 6.09. The lowest BCUT2D eigenvalue weighted by Crippen LogP contribution is -2.18. The SMILES string of the molecule is CN(c1ccccc1)c1ccccc1C(=O)Nc1ccc2oc(=O)ccc2c1. The van der Waals surface area contributed by atoms with Crippen LogP contribution in [0.1, 0.15) is 10.4 Å². The number of hydrogen-bond donors (Lipinski definition) is 1. The van der Waals surface area contributed by atoms with Crippen LogP contribution in [0.15, 0.2) is 94.1 Å². The molecular weight excluding hydrogens is 352 g/mol. The average Bonchev–Trinajstić information content (AvgIpc) is 2.74. The fraction of sp³-hybridized carbons (Fsp3) is 0.0435. The molecule has 4 aromatic rings. The van der Waals surface area contributed by atoms with Crippen LogP contribution >= 0.6 is 0 Å². The second-order valence-corrected chi connectivity index (χ2v) is 6.37. The van der Waals surface area contributed by atoms with Crippen molar-refractivity contribution in [1.82, 2.24) is 0 Å². The van der Waals surface area contributed by atoms with Gasteiger partial charge in [0.15, 0.2) is 0 Å². The normalized spacial score (nSPS) is 10.6. The minimum Gasteiger partial charge on any atom is -0.423 e. The maximum absolute atomic E-state index is 12.9. The van der Waals surface area contributed by atoms with Crippen molar-refractivity contribution in [2.75, 3.05) is 17.3 Å². The van der Waals surface area contributed by atoms with Crippen molar-refractivity contribution in [2.45, 2.75) is 0 Å². The standard InChI is InChI=1S/C23H18N2O3/c1-25(18-7-3-2-4-8-18)20-10-6-5-9-19(20)23(27)24-17-12-13-21-16(15-17)11-14-22(26)28-21/h2-15H,1H3,(H,24,27). The van der Waals surface area contributed by atoms with E-state index < -0.39 is 5.63 Å². The van der Waals surface area contributed by atoms with E-state index in [1.165, 1.54) is 6.07 Å². The molecule has 0 saturated carbocycles. The summed E-state index contributed by atoms with van der Waals surface area (Å²) in [5.41, 5.74) is 3.07. The zero-order valence-electron chi connectivity index (χ0n) is 15.3. The number of rotatable bonds is 4. The molecule has 0 aliphatic heterocycles. The first-order valence-electron chi connectivity index (χ1n) is 8.85. The molecule has 0 unspecified atom stereocenters. The monoisotopic (exact) mass is 370 g/mol. The molecule has 1 aromatic heterocycles. The molecule has 5 nitrogen and oxygen atoms in total. The van der Waals surface area contributed by atoms with Crippen LogP contribution in [0.4, 0.5) is 17.1 Å². The van der Waals surface area contributed by atoms with Gasteiger partial charge in [0.1, 0.15) is 5.58 Å². The molecule has 0 atom stereocenters. The molecule has 138 valence electrons. The lowest BCUT2D eigenvalue weighted by molar-refractivity contribution is 0.102. The Morgan fingerprint density at radius 2 is 1.64 bits per heavy atom. The van der Waals surface area contributed by atoms with Gasteiger partial charge in [-0.3, -0.25) is 4.79 Å². The topological polar surface area (TPSA) is 62.6 Å². The lowest BCUT2D eigenvalue weighted by atomic mass is 10.1. The number of amides is 1. The molecule has 3 aromatic carbocycles. The predicted octanol–water partition coefficient (Wildman–Crippen LogP) is 4.81. The number of hydrogen-bond acceptors (Lipinski definition) is 4. The van der Waals surface area contributed by atoms with Gasteiger partial charge in [-0.2, -0.15) is 0 Å². The zero-order valence-corrected chi connectivity index (χ0v) is 15.3. The number of para-hydroxylation sites is 2. The number of benzene rings is 3. The van der Waals surface area contributed by atoms with Crippen LogP contribution in [0.5, 0.6) is 0 Å². The van der Waals surface area contributed by atoms with Crippen molar-refractivity contribution in [3.8, 4) is 0 Å². The quantitative estimate of drug-likeness (QED) is 0.524. The van der Waals surface area contributed by atoms with Crippen LogP contribution in [-0.2, 0) is 0 Å². The zero-order chi connectivity index (χ0) is 19.5. The number of anilines is 3. The van der Waals surface area contributed by atoms with Gasteiger partial charge in [0.05, 0.1) is 11.3 Å². The van der Waals surface area contributed by atoms with Crippen molar-refractivity contribution in [2.24, 2.45) is 0 Å². The summed E-state index contributed by atoms with van der Waals surface area (Å²) in [6, 6.07) is 25.5. The maximum atomic E-state index is 12.9.